The number of hydrogen-bond acceptors (Lipinski definition) is 6. The minimum Gasteiger partial charge on any atom is -0.479 e. The standard InChI is InChI=1S/C23H20N4O4S/c1-27(32(29,30)22-5-3-2-4-6-22)20-11-9-19(10-12-20)23(28)26-25-17-18-7-13-21(14-8-18)31-16-15-24/h2-14,17H,16H2,1H3,(H,26,28)/b25-17+. The molecule has 162 valence electrons. The lowest BCUT2D eigenvalue weighted by molar-refractivity contribution is 0.0955. The van der Waals surface area contributed by atoms with Gasteiger partial charge >= 0.3 is 0 Å². The molecule has 0 saturated heterocycles. The molecule has 0 aliphatic heterocycles. The van der Waals surface area contributed by atoms with Crippen molar-refractivity contribution in [1.29, 1.82) is 5.26 Å². The maximum atomic E-state index is 12.7. The number of nitrogens with zero attached hydrogens (tertiary/aromatic N) is 3. The van der Waals surface area contributed by atoms with E-state index in [1.807, 2.05) is 6.07 Å². The molecule has 0 aliphatic rings. The van der Waals surface area contributed by atoms with Crippen LogP contribution in [-0.2, 0) is 10.0 Å². The molecule has 3 aromatic rings. The van der Waals surface area contributed by atoms with Gasteiger partial charge in [0.1, 0.15) is 11.8 Å². The van der Waals surface area contributed by atoms with Crippen LogP contribution < -0.4 is 14.5 Å². The number of nitrogens with one attached hydrogen (secondary N) is 1. The Balaban J connectivity index is 1.61. The Labute approximate surface area is 186 Å². The van der Waals surface area contributed by atoms with E-state index >= 15 is 0 Å². The first kappa shape index (κ1) is 22.5. The van der Waals surface area contributed by atoms with Gasteiger partial charge in [0.05, 0.1) is 16.8 Å². The summed E-state index contributed by atoms with van der Waals surface area (Å²) in [6, 6.07) is 23.0. The molecule has 0 spiro atoms. The van der Waals surface area contributed by atoms with Gasteiger partial charge in [0, 0.05) is 12.6 Å². The van der Waals surface area contributed by atoms with E-state index in [0.29, 0.717) is 17.0 Å². The molecule has 1 amide bonds. The monoisotopic (exact) mass is 448 g/mol. The fourth-order valence-corrected chi connectivity index (χ4v) is 3.92. The Morgan fingerprint density at radius 1 is 1.06 bits per heavy atom. The summed E-state index contributed by atoms with van der Waals surface area (Å²) in [5.41, 5.74) is 3.91. The number of benzene rings is 3. The van der Waals surface area contributed by atoms with Crippen LogP contribution in [0.2, 0.25) is 0 Å². The van der Waals surface area contributed by atoms with Crippen LogP contribution in [0.5, 0.6) is 5.75 Å². The van der Waals surface area contributed by atoms with E-state index in [4.69, 9.17) is 10.00 Å². The first-order chi connectivity index (χ1) is 15.4. The van der Waals surface area contributed by atoms with Crippen LogP contribution in [0.1, 0.15) is 15.9 Å². The minimum absolute atomic E-state index is 0.0315. The number of carbonyl (C=O) groups excluding carboxylic acids is 1. The Kier molecular flexibility index (Phi) is 7.21. The number of hydrogen-bond donors (Lipinski definition) is 1. The SMILES string of the molecule is CN(c1ccc(C(=O)N/N=C/c2ccc(OCC#N)cc2)cc1)S(=O)(=O)c1ccccc1. The number of anilines is 1. The smallest absolute Gasteiger partial charge is 0.271 e. The van der Waals surface area contributed by atoms with Gasteiger partial charge in [0.2, 0.25) is 0 Å². The zero-order valence-electron chi connectivity index (χ0n) is 17.2. The molecule has 0 aliphatic carbocycles. The lowest BCUT2D eigenvalue weighted by atomic mass is 10.2. The summed E-state index contributed by atoms with van der Waals surface area (Å²) in [5.74, 6) is 0.127. The summed E-state index contributed by atoms with van der Waals surface area (Å²) in [5, 5.41) is 12.4. The average molecular weight is 449 g/mol. The van der Waals surface area contributed by atoms with Crippen molar-refractivity contribution in [3.63, 3.8) is 0 Å². The van der Waals surface area contributed by atoms with E-state index in [1.54, 1.807) is 54.6 Å². The Morgan fingerprint density at radius 2 is 1.72 bits per heavy atom. The van der Waals surface area contributed by atoms with Crippen molar-refractivity contribution in [2.75, 3.05) is 18.0 Å². The zero-order valence-corrected chi connectivity index (χ0v) is 18.0. The molecule has 3 aromatic carbocycles. The first-order valence-electron chi connectivity index (χ1n) is 9.49. The van der Waals surface area contributed by atoms with Crippen molar-refractivity contribution in [1.82, 2.24) is 5.43 Å². The first-order valence-corrected chi connectivity index (χ1v) is 10.9. The molecule has 0 atom stereocenters. The largest absolute Gasteiger partial charge is 0.479 e. The summed E-state index contributed by atoms with van der Waals surface area (Å²) in [4.78, 5) is 12.5. The molecule has 0 saturated carbocycles. The molecule has 3 rings (SSSR count). The molecule has 0 aromatic heterocycles. The van der Waals surface area contributed by atoms with Gasteiger partial charge in [-0.2, -0.15) is 10.4 Å². The summed E-state index contributed by atoms with van der Waals surface area (Å²) < 4.78 is 31.7. The van der Waals surface area contributed by atoms with Crippen molar-refractivity contribution in [2.24, 2.45) is 5.10 Å². The third-order valence-corrected chi connectivity index (χ3v) is 6.26. The molecule has 1 N–H and O–H groups in total. The van der Waals surface area contributed by atoms with Crippen LogP contribution in [0.25, 0.3) is 0 Å². The highest BCUT2D eigenvalue weighted by Gasteiger charge is 2.21. The number of sulfonamides is 1. The van der Waals surface area contributed by atoms with E-state index in [2.05, 4.69) is 10.5 Å². The van der Waals surface area contributed by atoms with Crippen LogP contribution in [-0.4, -0.2) is 34.2 Å². The number of rotatable bonds is 8. The highest BCUT2D eigenvalue weighted by atomic mass is 32.2. The van der Waals surface area contributed by atoms with Gasteiger partial charge in [-0.3, -0.25) is 9.10 Å². The molecule has 0 fully saturated rings. The van der Waals surface area contributed by atoms with E-state index < -0.39 is 15.9 Å². The van der Waals surface area contributed by atoms with Crippen LogP contribution >= 0.6 is 0 Å². The molecule has 0 heterocycles. The molecule has 32 heavy (non-hydrogen) atoms. The fraction of sp³-hybridized carbons (Fsp3) is 0.0870. The lowest BCUT2D eigenvalue weighted by Crippen LogP contribution is -2.26. The summed E-state index contributed by atoms with van der Waals surface area (Å²) in [6.45, 7) is -0.0315. The molecular weight excluding hydrogens is 428 g/mol. The third-order valence-electron chi connectivity index (χ3n) is 4.46. The predicted octanol–water partition coefficient (Wildman–Crippen LogP) is 3.18. The molecule has 0 unspecified atom stereocenters. The van der Waals surface area contributed by atoms with Crippen molar-refractivity contribution < 1.29 is 17.9 Å². The van der Waals surface area contributed by atoms with Gasteiger partial charge in [0.15, 0.2) is 6.61 Å². The highest BCUT2D eigenvalue weighted by molar-refractivity contribution is 7.92. The van der Waals surface area contributed by atoms with Crippen molar-refractivity contribution in [3.05, 3.63) is 90.0 Å². The maximum Gasteiger partial charge on any atom is 0.271 e. The number of hydrazone groups is 1. The molecule has 0 bridgehead atoms. The highest BCUT2D eigenvalue weighted by Crippen LogP contribution is 2.22. The maximum absolute atomic E-state index is 12.7. The number of nitriles is 1. The lowest BCUT2D eigenvalue weighted by Gasteiger charge is -2.19. The number of ether oxygens (including phenoxy) is 1. The Bertz CT molecular complexity index is 1230. The summed E-state index contributed by atoms with van der Waals surface area (Å²) in [7, 11) is -2.24. The van der Waals surface area contributed by atoms with Gasteiger partial charge in [-0.1, -0.05) is 18.2 Å². The second-order valence-corrected chi connectivity index (χ2v) is 8.52. The van der Waals surface area contributed by atoms with Crippen molar-refractivity contribution in [2.45, 2.75) is 4.90 Å². The zero-order chi connectivity index (χ0) is 23.0. The number of amides is 1. The van der Waals surface area contributed by atoms with Gasteiger partial charge in [0.25, 0.3) is 15.9 Å². The van der Waals surface area contributed by atoms with Gasteiger partial charge < -0.3 is 4.74 Å². The van der Waals surface area contributed by atoms with Gasteiger partial charge in [-0.25, -0.2) is 13.8 Å². The van der Waals surface area contributed by atoms with E-state index in [1.165, 1.54) is 37.5 Å². The van der Waals surface area contributed by atoms with E-state index in [-0.39, 0.29) is 11.5 Å². The molecule has 0 radical (unpaired) electrons. The van der Waals surface area contributed by atoms with Gasteiger partial charge in [-0.05, 0) is 66.2 Å². The summed E-state index contributed by atoms with van der Waals surface area (Å²) in [6.07, 6.45) is 1.47. The van der Waals surface area contributed by atoms with Crippen LogP contribution in [0, 0.1) is 11.3 Å². The minimum atomic E-state index is -3.69. The fourth-order valence-electron chi connectivity index (χ4n) is 2.71. The van der Waals surface area contributed by atoms with Gasteiger partial charge in [-0.15, -0.1) is 0 Å². The average Bonchev–Trinajstić information content (AvgIpc) is 2.83. The van der Waals surface area contributed by atoms with Crippen LogP contribution in [0.3, 0.4) is 0 Å². The quantitative estimate of drug-likeness (QED) is 0.420. The van der Waals surface area contributed by atoms with Crippen LogP contribution in [0.15, 0.2) is 88.9 Å². The molecule has 8 nitrogen and oxygen atoms in total. The Hall–Kier alpha value is -4.16. The second-order valence-electron chi connectivity index (χ2n) is 6.55. The third kappa shape index (κ3) is 5.50. The summed E-state index contributed by atoms with van der Waals surface area (Å²) >= 11 is 0. The number of carbonyl (C=O) groups is 1. The van der Waals surface area contributed by atoms with E-state index in [0.717, 1.165) is 9.87 Å². The van der Waals surface area contributed by atoms with Crippen LogP contribution in [0.4, 0.5) is 5.69 Å². The van der Waals surface area contributed by atoms with Crippen molar-refractivity contribution >= 4 is 27.8 Å². The van der Waals surface area contributed by atoms with Crippen molar-refractivity contribution in [3.8, 4) is 11.8 Å². The second kappa shape index (κ2) is 10.2. The topological polar surface area (TPSA) is 112 Å². The molecular formula is C23H20N4O4S. The molecule has 9 heteroatoms. The Morgan fingerprint density at radius 3 is 2.34 bits per heavy atom. The predicted molar refractivity (Wildman–Crippen MR) is 121 cm³/mol. The van der Waals surface area contributed by atoms with E-state index in [9.17, 15) is 13.2 Å². The normalized spacial score (nSPS) is 11.0.